The van der Waals surface area contributed by atoms with Crippen molar-refractivity contribution < 1.29 is 28.2 Å². The largest absolute Gasteiger partial charge is 0.759 e. The van der Waals surface area contributed by atoms with Crippen LogP contribution in [0, 0.1) is 0 Å². The molecule has 0 amide bonds. The Morgan fingerprint density at radius 1 is 0.684 bits per heavy atom. The molecule has 0 aliphatic heterocycles. The predicted molar refractivity (Wildman–Crippen MR) is 75.0 cm³/mol. The quantitative estimate of drug-likeness (QED) is 0.354. The van der Waals surface area contributed by atoms with Gasteiger partial charge in [0.05, 0.1) is 26.2 Å². The molecule has 0 radical (unpaired) electrons. The Balaban J connectivity index is -0.000000206. The van der Waals surface area contributed by atoms with Crippen molar-refractivity contribution in [3.05, 3.63) is 0 Å². The van der Waals surface area contributed by atoms with Crippen LogP contribution in [0.15, 0.2) is 0 Å². The van der Waals surface area contributed by atoms with E-state index in [2.05, 4.69) is 38.3 Å². The lowest BCUT2D eigenvalue weighted by atomic mass is 10.4. The summed E-state index contributed by atoms with van der Waals surface area (Å²) in [6, 6.07) is 0. The zero-order valence-corrected chi connectivity index (χ0v) is 13.7. The first-order valence-corrected chi connectivity index (χ1v) is 8.46. The summed E-state index contributed by atoms with van der Waals surface area (Å²) in [7, 11) is -5.17. The van der Waals surface area contributed by atoms with Crippen molar-refractivity contribution in [3.8, 4) is 0 Å². The van der Waals surface area contributed by atoms with Crippen LogP contribution < -0.4 is 10.6 Å². The zero-order chi connectivity index (χ0) is 15.6. The molecule has 0 spiro atoms. The molecular weight excluding hydrogens is 268 g/mol. The van der Waals surface area contributed by atoms with Gasteiger partial charge in [-0.2, -0.15) is 0 Å². The van der Waals surface area contributed by atoms with Gasteiger partial charge in [0.1, 0.15) is 0 Å². The van der Waals surface area contributed by atoms with Crippen LogP contribution in [0.25, 0.3) is 0 Å². The van der Waals surface area contributed by atoms with Gasteiger partial charge in [-0.15, -0.1) is 0 Å². The second-order valence-electron chi connectivity index (χ2n) is 4.14. The van der Waals surface area contributed by atoms with Crippen LogP contribution in [0.3, 0.4) is 0 Å². The van der Waals surface area contributed by atoms with Gasteiger partial charge in [-0.05, 0) is 25.7 Å². The molecule has 120 valence electrons. The molecule has 6 nitrogen and oxygen atoms in total. The first kappa shape index (κ1) is 23.9. The van der Waals surface area contributed by atoms with Crippen molar-refractivity contribution in [2.45, 2.75) is 53.4 Å². The summed E-state index contributed by atoms with van der Waals surface area (Å²) in [6.45, 7) is 14.1. The van der Waals surface area contributed by atoms with Gasteiger partial charge in [0.25, 0.3) is 0 Å². The third kappa shape index (κ3) is 73.1. The molecule has 0 heterocycles. The van der Waals surface area contributed by atoms with E-state index in [4.69, 9.17) is 17.5 Å². The molecule has 0 atom stereocenters. The van der Waals surface area contributed by atoms with E-state index in [9.17, 15) is 0 Å². The van der Waals surface area contributed by atoms with Crippen LogP contribution in [0.4, 0.5) is 0 Å². The first-order chi connectivity index (χ1) is 8.83. The van der Waals surface area contributed by atoms with Gasteiger partial charge in [-0.1, -0.05) is 27.7 Å². The van der Waals surface area contributed by atoms with Crippen LogP contribution in [0.2, 0.25) is 0 Å². The molecule has 0 aliphatic carbocycles. The molecule has 19 heavy (non-hydrogen) atoms. The average molecular weight is 300 g/mol. The highest BCUT2D eigenvalue weighted by Gasteiger charge is 1.81. The third-order valence-corrected chi connectivity index (χ3v) is 1.97. The average Bonchev–Trinajstić information content (AvgIpc) is 2.29. The standard InChI is InChI=1S/2C6H15N.H2O4S/c2*1-3-5-7-6-4-2;1-5(2,3)4/h2*7H,3-6H2,1-2H3;(H2,1,2,3,4). The molecule has 0 bridgehead atoms. The Labute approximate surface area is 118 Å². The van der Waals surface area contributed by atoms with Gasteiger partial charge in [0.2, 0.25) is 0 Å². The molecule has 0 rings (SSSR count). The SMILES string of the molecule is CCC[NH2+]CCC.CCC[NH2+]CCC.O=S(=O)([O-])[O-]. The van der Waals surface area contributed by atoms with Crippen LogP contribution in [0.5, 0.6) is 0 Å². The highest BCUT2D eigenvalue weighted by molar-refractivity contribution is 7.79. The highest BCUT2D eigenvalue weighted by Crippen LogP contribution is 1.63. The molecule has 0 fully saturated rings. The summed E-state index contributed by atoms with van der Waals surface area (Å²) >= 11 is 0. The minimum absolute atomic E-state index is 1.30. The van der Waals surface area contributed by atoms with Crippen LogP contribution >= 0.6 is 0 Å². The number of rotatable bonds is 8. The summed E-state index contributed by atoms with van der Waals surface area (Å²) in [6.07, 6.45) is 5.22. The summed E-state index contributed by atoms with van der Waals surface area (Å²) < 4.78 is 34.1. The maximum absolute atomic E-state index is 8.52. The molecule has 0 aromatic carbocycles. The maximum Gasteiger partial charge on any atom is 0.0752 e. The first-order valence-electron chi connectivity index (χ1n) is 7.13. The van der Waals surface area contributed by atoms with Crippen molar-refractivity contribution in [1.29, 1.82) is 0 Å². The minimum Gasteiger partial charge on any atom is -0.759 e. The molecule has 4 N–H and O–H groups in total. The van der Waals surface area contributed by atoms with E-state index in [0.717, 1.165) is 0 Å². The second-order valence-corrected chi connectivity index (χ2v) is 4.96. The van der Waals surface area contributed by atoms with Gasteiger partial charge in [-0.25, -0.2) is 0 Å². The van der Waals surface area contributed by atoms with E-state index in [1.54, 1.807) is 0 Å². The number of nitrogens with two attached hydrogens (primary N) is 2. The van der Waals surface area contributed by atoms with Gasteiger partial charge in [0.15, 0.2) is 0 Å². The Morgan fingerprint density at radius 3 is 0.947 bits per heavy atom. The summed E-state index contributed by atoms with van der Waals surface area (Å²) in [5, 5.41) is 4.72. The van der Waals surface area contributed by atoms with E-state index in [0.29, 0.717) is 0 Å². The Kier molecular flexibility index (Phi) is 25.3. The lowest BCUT2D eigenvalue weighted by Gasteiger charge is -2.06. The molecular formula is C12H32N2O4S. The minimum atomic E-state index is -5.17. The lowest BCUT2D eigenvalue weighted by molar-refractivity contribution is -0.654. The normalized spacial score (nSPS) is 10.0. The molecule has 0 aliphatic rings. The van der Waals surface area contributed by atoms with Gasteiger partial charge in [-0.3, -0.25) is 8.42 Å². The molecule has 0 saturated carbocycles. The van der Waals surface area contributed by atoms with E-state index in [1.165, 1.54) is 51.9 Å². The van der Waals surface area contributed by atoms with E-state index in [1.807, 2.05) is 0 Å². The van der Waals surface area contributed by atoms with Crippen molar-refractivity contribution in [3.63, 3.8) is 0 Å². The molecule has 0 saturated heterocycles. The monoisotopic (exact) mass is 300 g/mol. The van der Waals surface area contributed by atoms with Gasteiger partial charge >= 0.3 is 0 Å². The van der Waals surface area contributed by atoms with Crippen molar-refractivity contribution >= 4 is 10.4 Å². The smallest absolute Gasteiger partial charge is 0.0752 e. The van der Waals surface area contributed by atoms with Gasteiger partial charge in [0, 0.05) is 10.4 Å². The predicted octanol–water partition coefficient (Wildman–Crippen LogP) is -0.598. The van der Waals surface area contributed by atoms with Crippen LogP contribution in [-0.4, -0.2) is 43.7 Å². The number of hydrogen-bond acceptors (Lipinski definition) is 4. The van der Waals surface area contributed by atoms with E-state index < -0.39 is 10.4 Å². The third-order valence-electron chi connectivity index (χ3n) is 1.97. The molecule has 7 heteroatoms. The van der Waals surface area contributed by atoms with Crippen molar-refractivity contribution in [1.82, 2.24) is 0 Å². The second kappa shape index (κ2) is 20.1. The van der Waals surface area contributed by atoms with Crippen LogP contribution in [0.1, 0.15) is 53.4 Å². The summed E-state index contributed by atoms with van der Waals surface area (Å²) in [5.41, 5.74) is 0. The fourth-order valence-electron chi connectivity index (χ4n) is 1.11. The topological polar surface area (TPSA) is 113 Å². The van der Waals surface area contributed by atoms with E-state index >= 15 is 0 Å². The maximum atomic E-state index is 8.52. The summed E-state index contributed by atoms with van der Waals surface area (Å²) in [4.78, 5) is 0. The Bertz CT molecular complexity index is 208. The Hall–Kier alpha value is -0.210. The number of quaternary nitrogens is 2. The van der Waals surface area contributed by atoms with Crippen LogP contribution in [-0.2, 0) is 10.4 Å². The lowest BCUT2D eigenvalue weighted by Crippen LogP contribution is -2.84. The Morgan fingerprint density at radius 2 is 0.842 bits per heavy atom. The summed E-state index contributed by atoms with van der Waals surface area (Å²) in [5.74, 6) is 0. The fraction of sp³-hybridized carbons (Fsp3) is 1.00. The van der Waals surface area contributed by atoms with E-state index in [-0.39, 0.29) is 0 Å². The fourth-order valence-corrected chi connectivity index (χ4v) is 1.11. The van der Waals surface area contributed by atoms with Gasteiger partial charge < -0.3 is 19.7 Å². The molecule has 0 unspecified atom stereocenters. The highest BCUT2D eigenvalue weighted by atomic mass is 32.3. The number of hydrogen-bond donors (Lipinski definition) is 2. The molecule has 0 aromatic heterocycles. The van der Waals surface area contributed by atoms with Crippen molar-refractivity contribution in [2.24, 2.45) is 0 Å². The van der Waals surface area contributed by atoms with Crippen molar-refractivity contribution in [2.75, 3.05) is 26.2 Å². The molecule has 0 aromatic rings. The zero-order valence-electron chi connectivity index (χ0n) is 12.9.